The van der Waals surface area contributed by atoms with Gasteiger partial charge in [-0.05, 0) is 0 Å². The van der Waals surface area contributed by atoms with Crippen LogP contribution in [-0.4, -0.2) is 38.6 Å². The highest BCUT2D eigenvalue weighted by molar-refractivity contribution is 4.89. The van der Waals surface area contributed by atoms with Crippen molar-refractivity contribution in [2.45, 2.75) is 12.2 Å². The van der Waals surface area contributed by atoms with Crippen molar-refractivity contribution in [1.82, 2.24) is 5.32 Å². The molecule has 2 aliphatic heterocycles. The fraction of sp³-hybridized carbons (Fsp3) is 1.00. The molecule has 0 saturated carbocycles. The van der Waals surface area contributed by atoms with Crippen molar-refractivity contribution in [2.75, 3.05) is 32.8 Å². The molecule has 1 spiro atoms. The van der Waals surface area contributed by atoms with Crippen LogP contribution in [0.3, 0.4) is 0 Å². The first-order valence-electron chi connectivity index (χ1n) is 4.56. The second kappa shape index (κ2) is 3.30. The monoisotopic (exact) mass is 172 g/mol. The minimum atomic E-state index is -0.347. The van der Waals surface area contributed by atoms with E-state index in [2.05, 4.69) is 5.32 Å². The standard InChI is InChI=1S/C8H16N2O2/c9-5-7-6-10-2-1-8(7)11-3-4-12-8/h7,10H,1-6,9H2/t7-/m0/s1. The molecular weight excluding hydrogens is 156 g/mol. The Balaban J connectivity index is 2.07. The highest BCUT2D eigenvalue weighted by Crippen LogP contribution is 2.32. The topological polar surface area (TPSA) is 56.5 Å². The van der Waals surface area contributed by atoms with E-state index >= 15 is 0 Å². The summed E-state index contributed by atoms with van der Waals surface area (Å²) >= 11 is 0. The average Bonchev–Trinajstić information content (AvgIpc) is 2.55. The molecule has 0 aromatic heterocycles. The van der Waals surface area contributed by atoms with Crippen molar-refractivity contribution >= 4 is 0 Å². The number of hydrogen-bond donors (Lipinski definition) is 2. The summed E-state index contributed by atoms with van der Waals surface area (Å²) in [4.78, 5) is 0. The van der Waals surface area contributed by atoms with Gasteiger partial charge in [-0.2, -0.15) is 0 Å². The Bertz CT molecular complexity index is 157. The van der Waals surface area contributed by atoms with Crippen LogP contribution >= 0.6 is 0 Å². The lowest BCUT2D eigenvalue weighted by Gasteiger charge is -2.38. The highest BCUT2D eigenvalue weighted by atomic mass is 16.7. The molecule has 12 heavy (non-hydrogen) atoms. The summed E-state index contributed by atoms with van der Waals surface area (Å²) in [5.41, 5.74) is 5.66. The van der Waals surface area contributed by atoms with Crippen LogP contribution in [0.25, 0.3) is 0 Å². The summed E-state index contributed by atoms with van der Waals surface area (Å²) in [5.74, 6) is -0.0336. The summed E-state index contributed by atoms with van der Waals surface area (Å²) in [5, 5.41) is 3.30. The van der Waals surface area contributed by atoms with E-state index in [1.165, 1.54) is 0 Å². The molecule has 0 unspecified atom stereocenters. The summed E-state index contributed by atoms with van der Waals surface area (Å²) in [6.45, 7) is 3.95. The van der Waals surface area contributed by atoms with Crippen molar-refractivity contribution in [3.63, 3.8) is 0 Å². The highest BCUT2D eigenvalue weighted by Gasteiger charge is 2.44. The van der Waals surface area contributed by atoms with Crippen molar-refractivity contribution in [3.05, 3.63) is 0 Å². The number of ether oxygens (including phenoxy) is 2. The molecule has 0 aliphatic carbocycles. The number of nitrogens with one attached hydrogen (secondary N) is 1. The molecule has 0 radical (unpaired) electrons. The van der Waals surface area contributed by atoms with Crippen molar-refractivity contribution in [2.24, 2.45) is 11.7 Å². The predicted octanol–water partition coefficient (Wildman–Crippen LogP) is -0.702. The fourth-order valence-electron chi connectivity index (χ4n) is 2.01. The summed E-state index contributed by atoms with van der Waals surface area (Å²) in [7, 11) is 0. The second-order valence-electron chi connectivity index (χ2n) is 3.40. The minimum absolute atomic E-state index is 0.314. The smallest absolute Gasteiger partial charge is 0.174 e. The molecule has 2 heterocycles. The number of rotatable bonds is 1. The first-order valence-corrected chi connectivity index (χ1v) is 4.56. The normalized spacial score (nSPS) is 34.2. The van der Waals surface area contributed by atoms with Gasteiger partial charge < -0.3 is 20.5 Å². The lowest BCUT2D eigenvalue weighted by molar-refractivity contribution is -0.204. The minimum Gasteiger partial charge on any atom is -0.347 e. The van der Waals surface area contributed by atoms with E-state index in [-0.39, 0.29) is 5.79 Å². The van der Waals surface area contributed by atoms with Gasteiger partial charge in [0, 0.05) is 32.0 Å². The van der Waals surface area contributed by atoms with Gasteiger partial charge in [0.15, 0.2) is 5.79 Å². The van der Waals surface area contributed by atoms with Crippen LogP contribution < -0.4 is 11.1 Å². The molecule has 0 amide bonds. The van der Waals surface area contributed by atoms with Gasteiger partial charge in [0.2, 0.25) is 0 Å². The molecule has 2 aliphatic rings. The van der Waals surface area contributed by atoms with Crippen LogP contribution in [0.15, 0.2) is 0 Å². The van der Waals surface area contributed by atoms with Crippen molar-refractivity contribution < 1.29 is 9.47 Å². The van der Waals surface area contributed by atoms with E-state index in [1.54, 1.807) is 0 Å². The van der Waals surface area contributed by atoms with Crippen molar-refractivity contribution in [1.29, 1.82) is 0 Å². The van der Waals surface area contributed by atoms with Crippen LogP contribution in [-0.2, 0) is 9.47 Å². The number of nitrogens with two attached hydrogens (primary N) is 1. The van der Waals surface area contributed by atoms with Crippen LogP contribution in [0.2, 0.25) is 0 Å². The molecule has 0 aromatic rings. The third-order valence-corrected chi connectivity index (χ3v) is 2.72. The summed E-state index contributed by atoms with van der Waals surface area (Å²) in [6.07, 6.45) is 0.925. The van der Waals surface area contributed by atoms with Gasteiger partial charge in [-0.1, -0.05) is 0 Å². The first-order chi connectivity index (χ1) is 5.87. The maximum Gasteiger partial charge on any atom is 0.174 e. The zero-order valence-corrected chi connectivity index (χ0v) is 7.21. The largest absolute Gasteiger partial charge is 0.347 e. The Kier molecular flexibility index (Phi) is 2.32. The molecule has 2 rings (SSSR count). The summed E-state index contributed by atoms with van der Waals surface area (Å²) < 4.78 is 11.3. The Morgan fingerprint density at radius 1 is 1.42 bits per heavy atom. The third-order valence-electron chi connectivity index (χ3n) is 2.72. The lowest BCUT2D eigenvalue weighted by atomic mass is 9.92. The fourth-order valence-corrected chi connectivity index (χ4v) is 2.01. The molecule has 0 bridgehead atoms. The zero-order valence-electron chi connectivity index (χ0n) is 7.21. The zero-order chi connectivity index (χ0) is 8.44. The van der Waals surface area contributed by atoms with E-state index in [0.717, 1.165) is 32.7 Å². The molecule has 4 heteroatoms. The van der Waals surface area contributed by atoms with Crippen LogP contribution in [0, 0.1) is 5.92 Å². The SMILES string of the molecule is NC[C@H]1CNCCC12OCCO2. The maximum absolute atomic E-state index is 5.66. The van der Waals surface area contributed by atoms with E-state index < -0.39 is 0 Å². The second-order valence-corrected chi connectivity index (χ2v) is 3.40. The third kappa shape index (κ3) is 1.25. The summed E-state index contributed by atoms with van der Waals surface area (Å²) in [6, 6.07) is 0. The van der Waals surface area contributed by atoms with Gasteiger partial charge in [-0.15, -0.1) is 0 Å². The molecule has 3 N–H and O–H groups in total. The Morgan fingerprint density at radius 3 is 2.83 bits per heavy atom. The van der Waals surface area contributed by atoms with E-state index in [9.17, 15) is 0 Å². The number of hydrogen-bond acceptors (Lipinski definition) is 4. The van der Waals surface area contributed by atoms with Gasteiger partial charge in [0.1, 0.15) is 0 Å². The van der Waals surface area contributed by atoms with Crippen LogP contribution in [0.5, 0.6) is 0 Å². The van der Waals surface area contributed by atoms with Gasteiger partial charge in [0.25, 0.3) is 0 Å². The molecule has 0 aromatic carbocycles. The quantitative estimate of drug-likeness (QED) is 0.549. The van der Waals surface area contributed by atoms with Gasteiger partial charge >= 0.3 is 0 Å². The first kappa shape index (κ1) is 8.44. The van der Waals surface area contributed by atoms with Gasteiger partial charge in [0.05, 0.1) is 13.2 Å². The van der Waals surface area contributed by atoms with Gasteiger partial charge in [-0.3, -0.25) is 0 Å². The Labute approximate surface area is 72.4 Å². The maximum atomic E-state index is 5.66. The molecule has 1 atom stereocenters. The Hall–Kier alpha value is -0.160. The van der Waals surface area contributed by atoms with Crippen LogP contribution in [0.1, 0.15) is 6.42 Å². The molecular formula is C8H16N2O2. The van der Waals surface area contributed by atoms with E-state index in [1.807, 2.05) is 0 Å². The molecule has 70 valence electrons. The van der Waals surface area contributed by atoms with Crippen molar-refractivity contribution in [3.8, 4) is 0 Å². The van der Waals surface area contributed by atoms with Gasteiger partial charge in [-0.25, -0.2) is 0 Å². The molecule has 2 saturated heterocycles. The number of piperidine rings is 1. The predicted molar refractivity (Wildman–Crippen MR) is 44.7 cm³/mol. The van der Waals surface area contributed by atoms with Crippen LogP contribution in [0.4, 0.5) is 0 Å². The van der Waals surface area contributed by atoms with E-state index in [4.69, 9.17) is 15.2 Å². The lowest BCUT2D eigenvalue weighted by Crippen LogP contribution is -2.53. The molecule has 2 fully saturated rings. The molecule has 4 nitrogen and oxygen atoms in total. The Morgan fingerprint density at radius 2 is 2.17 bits per heavy atom. The van der Waals surface area contributed by atoms with E-state index in [0.29, 0.717) is 12.5 Å². The average molecular weight is 172 g/mol.